The molecular weight excluding hydrogens is 220 g/mol. The lowest BCUT2D eigenvalue weighted by Gasteiger charge is -2.35. The van der Waals surface area contributed by atoms with Gasteiger partial charge in [0, 0.05) is 19.3 Å². The first-order chi connectivity index (χ1) is 7.68. The van der Waals surface area contributed by atoms with Crippen molar-refractivity contribution in [1.82, 2.24) is 4.98 Å². The molecule has 3 heteroatoms. The van der Waals surface area contributed by atoms with Crippen molar-refractivity contribution in [2.75, 3.05) is 11.9 Å². The Morgan fingerprint density at radius 3 is 2.81 bits per heavy atom. The van der Waals surface area contributed by atoms with Crippen molar-refractivity contribution in [2.24, 2.45) is 0 Å². The van der Waals surface area contributed by atoms with Crippen LogP contribution < -0.4 is 4.90 Å². The molecule has 0 aromatic carbocycles. The zero-order chi connectivity index (χ0) is 11.5. The van der Waals surface area contributed by atoms with E-state index in [-0.39, 0.29) is 5.38 Å². The minimum absolute atomic E-state index is 0.265. The largest absolute Gasteiger partial charge is 0.355 e. The smallest absolute Gasteiger partial charge is 0.128 e. The summed E-state index contributed by atoms with van der Waals surface area (Å²) in [7, 11) is 2.10. The standard InChI is InChI=1S/C13H19ClN2/c1-10-7-8-15-13(9-10)16(2)12-6-4-3-5-11(12)14/h7-9,11-12H,3-6H2,1-2H3. The van der Waals surface area contributed by atoms with Gasteiger partial charge in [-0.1, -0.05) is 12.8 Å². The number of rotatable bonds is 2. The molecule has 0 bridgehead atoms. The summed E-state index contributed by atoms with van der Waals surface area (Å²) < 4.78 is 0. The molecule has 0 amide bonds. The Labute approximate surface area is 103 Å². The Kier molecular flexibility index (Phi) is 3.70. The number of hydrogen-bond acceptors (Lipinski definition) is 2. The maximum absolute atomic E-state index is 6.40. The highest BCUT2D eigenvalue weighted by Crippen LogP contribution is 2.28. The van der Waals surface area contributed by atoms with Crippen molar-refractivity contribution in [3.05, 3.63) is 23.9 Å². The van der Waals surface area contributed by atoms with E-state index in [0.717, 1.165) is 12.2 Å². The number of aromatic nitrogens is 1. The molecule has 2 rings (SSSR count). The molecule has 0 aliphatic heterocycles. The van der Waals surface area contributed by atoms with Crippen molar-refractivity contribution < 1.29 is 0 Å². The SMILES string of the molecule is Cc1ccnc(N(C)C2CCCCC2Cl)c1. The molecule has 88 valence electrons. The quantitative estimate of drug-likeness (QED) is 0.735. The summed E-state index contributed by atoms with van der Waals surface area (Å²) in [5.74, 6) is 1.04. The molecule has 1 aromatic rings. The average molecular weight is 239 g/mol. The van der Waals surface area contributed by atoms with Gasteiger partial charge in [0.1, 0.15) is 5.82 Å². The van der Waals surface area contributed by atoms with Gasteiger partial charge < -0.3 is 4.90 Å². The summed E-state index contributed by atoms with van der Waals surface area (Å²) in [4.78, 5) is 6.66. The molecule has 16 heavy (non-hydrogen) atoms. The van der Waals surface area contributed by atoms with Crippen LogP contribution in [0.25, 0.3) is 0 Å². The van der Waals surface area contributed by atoms with Gasteiger partial charge in [0.15, 0.2) is 0 Å². The maximum atomic E-state index is 6.40. The Morgan fingerprint density at radius 2 is 2.12 bits per heavy atom. The van der Waals surface area contributed by atoms with E-state index in [1.165, 1.54) is 24.8 Å². The predicted molar refractivity (Wildman–Crippen MR) is 69.3 cm³/mol. The van der Waals surface area contributed by atoms with Gasteiger partial charge in [-0.3, -0.25) is 0 Å². The first kappa shape index (κ1) is 11.7. The summed E-state index contributed by atoms with van der Waals surface area (Å²) in [5, 5.41) is 0.265. The normalized spacial score (nSPS) is 25.4. The van der Waals surface area contributed by atoms with E-state index >= 15 is 0 Å². The van der Waals surface area contributed by atoms with Gasteiger partial charge in [0.05, 0.1) is 5.38 Å². The molecule has 1 saturated carbocycles. The van der Waals surface area contributed by atoms with Crippen molar-refractivity contribution in [2.45, 2.75) is 44.0 Å². The monoisotopic (exact) mass is 238 g/mol. The minimum Gasteiger partial charge on any atom is -0.355 e. The summed E-state index contributed by atoms with van der Waals surface area (Å²) in [5.41, 5.74) is 1.25. The summed E-state index contributed by atoms with van der Waals surface area (Å²) >= 11 is 6.40. The second kappa shape index (κ2) is 5.05. The van der Waals surface area contributed by atoms with Gasteiger partial charge in [0.2, 0.25) is 0 Å². The topological polar surface area (TPSA) is 16.1 Å². The van der Waals surface area contributed by atoms with E-state index in [2.05, 4.69) is 29.9 Å². The molecule has 0 saturated heterocycles. The predicted octanol–water partition coefficient (Wildman–Crippen LogP) is 3.38. The molecule has 1 aromatic heterocycles. The summed E-state index contributed by atoms with van der Waals surface area (Å²) in [6.45, 7) is 2.10. The zero-order valence-electron chi connectivity index (χ0n) is 9.99. The molecule has 1 heterocycles. The molecule has 2 unspecified atom stereocenters. The van der Waals surface area contributed by atoms with E-state index in [9.17, 15) is 0 Å². The van der Waals surface area contributed by atoms with Crippen molar-refractivity contribution in [3.63, 3.8) is 0 Å². The van der Waals surface area contributed by atoms with Crippen LogP contribution in [0.4, 0.5) is 5.82 Å². The van der Waals surface area contributed by atoms with Gasteiger partial charge in [-0.25, -0.2) is 4.98 Å². The maximum Gasteiger partial charge on any atom is 0.128 e. The number of anilines is 1. The van der Waals surface area contributed by atoms with Crippen LogP contribution in [0.15, 0.2) is 18.3 Å². The number of pyridine rings is 1. The van der Waals surface area contributed by atoms with Crippen LogP contribution in [-0.2, 0) is 0 Å². The van der Waals surface area contributed by atoms with Crippen LogP contribution in [0.2, 0.25) is 0 Å². The van der Waals surface area contributed by atoms with E-state index in [1.807, 2.05) is 12.3 Å². The van der Waals surface area contributed by atoms with Gasteiger partial charge in [-0.15, -0.1) is 11.6 Å². The Hall–Kier alpha value is -0.760. The summed E-state index contributed by atoms with van der Waals surface area (Å²) in [6, 6.07) is 4.58. The fourth-order valence-electron chi connectivity index (χ4n) is 2.39. The van der Waals surface area contributed by atoms with Gasteiger partial charge in [-0.05, 0) is 37.5 Å². The van der Waals surface area contributed by atoms with Gasteiger partial charge in [0.25, 0.3) is 0 Å². The molecular formula is C13H19ClN2. The zero-order valence-corrected chi connectivity index (χ0v) is 10.7. The van der Waals surface area contributed by atoms with Gasteiger partial charge in [-0.2, -0.15) is 0 Å². The highest BCUT2D eigenvalue weighted by molar-refractivity contribution is 6.21. The van der Waals surface area contributed by atoms with E-state index in [0.29, 0.717) is 6.04 Å². The van der Waals surface area contributed by atoms with E-state index < -0.39 is 0 Å². The highest BCUT2D eigenvalue weighted by Gasteiger charge is 2.27. The van der Waals surface area contributed by atoms with Crippen LogP contribution in [0.3, 0.4) is 0 Å². The first-order valence-corrected chi connectivity index (χ1v) is 6.41. The average Bonchev–Trinajstić information content (AvgIpc) is 2.29. The summed E-state index contributed by atoms with van der Waals surface area (Å²) in [6.07, 6.45) is 6.72. The highest BCUT2D eigenvalue weighted by atomic mass is 35.5. The van der Waals surface area contributed by atoms with E-state index in [4.69, 9.17) is 11.6 Å². The van der Waals surface area contributed by atoms with Crippen LogP contribution >= 0.6 is 11.6 Å². The second-order valence-corrected chi connectivity index (χ2v) is 5.23. The number of nitrogens with zero attached hydrogens (tertiary/aromatic N) is 2. The third kappa shape index (κ3) is 2.49. The lowest BCUT2D eigenvalue weighted by atomic mass is 9.94. The lowest BCUT2D eigenvalue weighted by molar-refractivity contribution is 0.432. The lowest BCUT2D eigenvalue weighted by Crippen LogP contribution is -2.41. The van der Waals surface area contributed by atoms with Gasteiger partial charge >= 0.3 is 0 Å². The third-order valence-corrected chi connectivity index (χ3v) is 3.92. The minimum atomic E-state index is 0.265. The molecule has 0 spiro atoms. The number of aryl methyl sites for hydroxylation is 1. The Morgan fingerprint density at radius 1 is 1.38 bits per heavy atom. The van der Waals surface area contributed by atoms with Crippen LogP contribution in [-0.4, -0.2) is 23.5 Å². The van der Waals surface area contributed by atoms with Crippen molar-refractivity contribution >= 4 is 17.4 Å². The molecule has 0 N–H and O–H groups in total. The van der Waals surface area contributed by atoms with Crippen molar-refractivity contribution in [3.8, 4) is 0 Å². The molecule has 0 radical (unpaired) electrons. The number of hydrogen-bond donors (Lipinski definition) is 0. The fourth-order valence-corrected chi connectivity index (χ4v) is 2.83. The Bertz CT molecular complexity index is 354. The molecule has 1 fully saturated rings. The third-order valence-electron chi connectivity index (χ3n) is 3.41. The van der Waals surface area contributed by atoms with Crippen molar-refractivity contribution in [1.29, 1.82) is 0 Å². The number of alkyl halides is 1. The fraction of sp³-hybridized carbons (Fsp3) is 0.615. The molecule has 2 atom stereocenters. The van der Waals surface area contributed by atoms with E-state index in [1.54, 1.807) is 0 Å². The van der Waals surface area contributed by atoms with Crippen LogP contribution in [0, 0.1) is 6.92 Å². The second-order valence-electron chi connectivity index (χ2n) is 4.67. The Balaban J connectivity index is 2.14. The van der Waals surface area contributed by atoms with Crippen LogP contribution in [0.5, 0.6) is 0 Å². The number of halogens is 1. The first-order valence-electron chi connectivity index (χ1n) is 5.98. The molecule has 1 aliphatic rings. The molecule has 2 nitrogen and oxygen atoms in total. The van der Waals surface area contributed by atoms with Crippen LogP contribution in [0.1, 0.15) is 31.2 Å². The molecule has 1 aliphatic carbocycles.